The van der Waals surface area contributed by atoms with Crippen molar-refractivity contribution in [3.63, 3.8) is 0 Å². The van der Waals surface area contributed by atoms with Crippen LogP contribution in [0.3, 0.4) is 0 Å². The van der Waals surface area contributed by atoms with Crippen LogP contribution in [0.5, 0.6) is 0 Å². The molecule has 0 atom stereocenters. The van der Waals surface area contributed by atoms with Gasteiger partial charge < -0.3 is 0 Å². The minimum absolute atomic E-state index is 0.550. The van der Waals surface area contributed by atoms with Crippen molar-refractivity contribution in [1.29, 1.82) is 0 Å². The monoisotopic (exact) mass is 775 g/mol. The third-order valence-electron chi connectivity index (χ3n) is 12.2. The highest BCUT2D eigenvalue weighted by Gasteiger charge is 2.46. The van der Waals surface area contributed by atoms with E-state index in [1.165, 1.54) is 38.6 Å². The zero-order valence-corrected chi connectivity index (χ0v) is 33.2. The molecule has 284 valence electrons. The lowest BCUT2D eigenvalue weighted by atomic mass is 9.67. The molecule has 0 fully saturated rings. The zero-order valence-electron chi connectivity index (χ0n) is 33.2. The number of hydrogen-bond donors (Lipinski definition) is 0. The van der Waals surface area contributed by atoms with Crippen molar-refractivity contribution in [3.8, 4) is 67.3 Å². The third-order valence-corrected chi connectivity index (χ3v) is 12.2. The van der Waals surface area contributed by atoms with E-state index in [-0.39, 0.29) is 0 Å². The van der Waals surface area contributed by atoms with Gasteiger partial charge in [0, 0.05) is 16.7 Å². The lowest BCUT2D eigenvalue weighted by Crippen LogP contribution is -2.28. The van der Waals surface area contributed by atoms with Crippen LogP contribution in [0.25, 0.3) is 82.9 Å². The SMILES string of the molecule is [C-]#[N+]c1ccc2c(c1)-c1c(-c3cccc(-c4ccc(-c5nc(-c6ccccc6)cc(-c6ccc7ccccc7c6)n5)cc4)c3)cccc1C2(c1ccccc1)c1ccccc1. The first-order chi connectivity index (χ1) is 30.2. The molecule has 9 aromatic carbocycles. The van der Waals surface area contributed by atoms with E-state index in [2.05, 4.69) is 205 Å². The van der Waals surface area contributed by atoms with Crippen LogP contribution >= 0.6 is 0 Å². The molecule has 11 rings (SSSR count). The van der Waals surface area contributed by atoms with Crippen LogP contribution in [0.15, 0.2) is 224 Å². The lowest BCUT2D eigenvalue weighted by molar-refractivity contribution is 0.769. The zero-order chi connectivity index (χ0) is 40.8. The van der Waals surface area contributed by atoms with Crippen molar-refractivity contribution in [2.75, 3.05) is 0 Å². The topological polar surface area (TPSA) is 30.1 Å². The quantitative estimate of drug-likeness (QED) is 0.151. The average molecular weight is 776 g/mol. The fraction of sp³-hybridized carbons (Fsp3) is 0.0172. The smallest absolute Gasteiger partial charge is 0.187 e. The first kappa shape index (κ1) is 35.9. The minimum atomic E-state index is -0.550. The van der Waals surface area contributed by atoms with Crippen molar-refractivity contribution in [2.45, 2.75) is 5.41 Å². The van der Waals surface area contributed by atoms with Crippen LogP contribution in [0, 0.1) is 6.57 Å². The largest absolute Gasteiger partial charge is 0.238 e. The van der Waals surface area contributed by atoms with E-state index in [9.17, 15) is 0 Å². The van der Waals surface area contributed by atoms with E-state index in [0.717, 1.165) is 55.9 Å². The first-order valence-electron chi connectivity index (χ1n) is 20.6. The van der Waals surface area contributed by atoms with Crippen LogP contribution in [-0.4, -0.2) is 9.97 Å². The van der Waals surface area contributed by atoms with Crippen LogP contribution in [-0.2, 0) is 5.41 Å². The van der Waals surface area contributed by atoms with Gasteiger partial charge in [0.2, 0.25) is 0 Å². The van der Waals surface area contributed by atoms with Crippen molar-refractivity contribution < 1.29 is 0 Å². The molecular formula is C58H37N3. The summed E-state index contributed by atoms with van der Waals surface area (Å²) in [4.78, 5) is 14.2. The fourth-order valence-electron chi connectivity index (χ4n) is 9.35. The highest BCUT2D eigenvalue weighted by molar-refractivity contribution is 5.97. The van der Waals surface area contributed by atoms with E-state index in [1.54, 1.807) is 0 Å². The van der Waals surface area contributed by atoms with Crippen LogP contribution in [0.1, 0.15) is 22.3 Å². The van der Waals surface area contributed by atoms with Crippen LogP contribution in [0.2, 0.25) is 0 Å². The normalized spacial score (nSPS) is 12.4. The molecule has 10 aromatic rings. The molecule has 0 spiro atoms. The first-order valence-corrected chi connectivity index (χ1v) is 20.6. The Kier molecular flexibility index (Phi) is 8.77. The highest BCUT2D eigenvalue weighted by atomic mass is 14.9. The lowest BCUT2D eigenvalue weighted by Gasteiger charge is -2.34. The Bertz CT molecular complexity index is 3250. The maximum atomic E-state index is 7.97. The molecule has 1 aliphatic rings. The molecule has 0 saturated heterocycles. The summed E-state index contributed by atoms with van der Waals surface area (Å²) in [6.45, 7) is 7.97. The molecule has 1 aliphatic carbocycles. The number of rotatable bonds is 7. The molecule has 0 unspecified atom stereocenters. The van der Waals surface area contributed by atoms with E-state index in [0.29, 0.717) is 11.5 Å². The number of hydrogen-bond acceptors (Lipinski definition) is 2. The van der Waals surface area contributed by atoms with E-state index >= 15 is 0 Å². The third kappa shape index (κ3) is 6.13. The van der Waals surface area contributed by atoms with Gasteiger partial charge in [-0.2, -0.15) is 0 Å². The number of nitrogens with zero attached hydrogens (tertiary/aromatic N) is 3. The fourth-order valence-corrected chi connectivity index (χ4v) is 9.35. The van der Waals surface area contributed by atoms with Crippen molar-refractivity contribution in [2.24, 2.45) is 0 Å². The minimum Gasteiger partial charge on any atom is -0.238 e. The summed E-state index contributed by atoms with van der Waals surface area (Å²) >= 11 is 0. The maximum Gasteiger partial charge on any atom is 0.187 e. The van der Waals surface area contributed by atoms with Gasteiger partial charge in [-0.1, -0.05) is 200 Å². The molecule has 0 amide bonds. The van der Waals surface area contributed by atoms with Gasteiger partial charge >= 0.3 is 0 Å². The van der Waals surface area contributed by atoms with Crippen LogP contribution < -0.4 is 0 Å². The Hall–Kier alpha value is -8.19. The second kappa shape index (κ2) is 14.9. The van der Waals surface area contributed by atoms with E-state index < -0.39 is 5.41 Å². The summed E-state index contributed by atoms with van der Waals surface area (Å²) in [5.41, 5.74) is 16.4. The average Bonchev–Trinajstić information content (AvgIpc) is 3.65. The summed E-state index contributed by atoms with van der Waals surface area (Å²) in [6.07, 6.45) is 0. The molecule has 61 heavy (non-hydrogen) atoms. The Labute approximate surface area is 355 Å². The predicted octanol–water partition coefficient (Wildman–Crippen LogP) is 14.9. The summed E-state index contributed by atoms with van der Waals surface area (Å²) in [5.74, 6) is 0.683. The van der Waals surface area contributed by atoms with Gasteiger partial charge in [0.1, 0.15) is 0 Å². The maximum absolute atomic E-state index is 7.97. The molecule has 1 heterocycles. The van der Waals surface area contributed by atoms with Gasteiger partial charge in [-0.3, -0.25) is 0 Å². The standard InChI is InChI=1S/C58H37N3/c1-59-49-33-34-52-51(37-49)56-50(25-14-26-53(56)58(52,47-21-7-3-8-22-47)48-23-9-4-10-24-48)45-20-13-19-44(35-45)40-27-30-42(31-28-40)57-60-54(41-16-5-2-6-17-41)38-55(61-57)46-32-29-39-15-11-12-18-43(39)36-46/h2-38H. The summed E-state index contributed by atoms with van der Waals surface area (Å²) in [7, 11) is 0. The summed E-state index contributed by atoms with van der Waals surface area (Å²) in [5, 5.41) is 2.38. The molecule has 0 N–H and O–H groups in total. The Morgan fingerprint density at radius 2 is 0.951 bits per heavy atom. The Morgan fingerprint density at radius 1 is 0.361 bits per heavy atom. The van der Waals surface area contributed by atoms with Crippen LogP contribution in [0.4, 0.5) is 5.69 Å². The molecule has 1 aromatic heterocycles. The van der Waals surface area contributed by atoms with Crippen molar-refractivity contribution in [3.05, 3.63) is 258 Å². The van der Waals surface area contributed by atoms with Gasteiger partial charge in [0.15, 0.2) is 11.5 Å². The summed E-state index contributed by atoms with van der Waals surface area (Å²) in [6, 6.07) is 79.3. The van der Waals surface area contributed by atoms with Gasteiger partial charge in [0.05, 0.1) is 23.4 Å². The van der Waals surface area contributed by atoms with Gasteiger partial charge in [-0.15, -0.1) is 0 Å². The Balaban J connectivity index is 1.01. The van der Waals surface area contributed by atoms with E-state index in [1.807, 2.05) is 24.3 Å². The van der Waals surface area contributed by atoms with E-state index in [4.69, 9.17) is 16.5 Å². The molecule has 0 bridgehead atoms. The van der Waals surface area contributed by atoms with Gasteiger partial charge in [0.25, 0.3) is 0 Å². The number of benzene rings is 9. The molecule has 0 saturated carbocycles. The van der Waals surface area contributed by atoms with Crippen molar-refractivity contribution in [1.82, 2.24) is 9.97 Å². The molecular weight excluding hydrogens is 739 g/mol. The Morgan fingerprint density at radius 3 is 1.67 bits per heavy atom. The highest BCUT2D eigenvalue weighted by Crippen LogP contribution is 2.59. The van der Waals surface area contributed by atoms with Gasteiger partial charge in [-0.25, -0.2) is 14.8 Å². The van der Waals surface area contributed by atoms with Gasteiger partial charge in [-0.05, 0) is 90.7 Å². The predicted molar refractivity (Wildman–Crippen MR) is 250 cm³/mol. The second-order valence-electron chi connectivity index (χ2n) is 15.6. The molecule has 3 heteroatoms. The molecule has 3 nitrogen and oxygen atoms in total. The number of fused-ring (bicyclic) bond motifs is 4. The summed E-state index contributed by atoms with van der Waals surface area (Å²) < 4.78 is 0. The number of aromatic nitrogens is 2. The molecule has 0 aliphatic heterocycles. The second-order valence-corrected chi connectivity index (χ2v) is 15.6. The van der Waals surface area contributed by atoms with Crippen molar-refractivity contribution >= 4 is 16.5 Å². The molecule has 0 radical (unpaired) electrons.